The number of rotatable bonds is 3. The van der Waals surface area contributed by atoms with Gasteiger partial charge in [-0.1, -0.05) is 0 Å². The van der Waals surface area contributed by atoms with Crippen molar-refractivity contribution in [2.45, 2.75) is 12.5 Å². The van der Waals surface area contributed by atoms with Gasteiger partial charge in [-0.15, -0.1) is 0 Å². The van der Waals surface area contributed by atoms with E-state index in [2.05, 4.69) is 9.88 Å². The smallest absolute Gasteiger partial charge is 0.545 e. The number of hydrogen-bond acceptors (Lipinski definition) is 5. The van der Waals surface area contributed by atoms with Gasteiger partial charge >= 0.3 is 29.6 Å². The topological polar surface area (TPSA) is 65.5 Å². The van der Waals surface area contributed by atoms with E-state index in [1.54, 1.807) is 6.07 Å². The maximum Gasteiger partial charge on any atom is 1.00 e. The number of aromatic carboxylic acids is 1. The molecule has 0 saturated carbocycles. The molecule has 6 heteroatoms. The Balaban J connectivity index is 0.00000144. The van der Waals surface area contributed by atoms with E-state index in [-0.39, 0.29) is 41.2 Å². The fourth-order valence-electron chi connectivity index (χ4n) is 1.81. The minimum atomic E-state index is -1.26. The number of carbonyl (C=O) groups excluding carboxylic acids is 1. The molecular weight excluding hydrogens is 231 g/mol. The first-order valence-corrected chi connectivity index (χ1v) is 5.17. The van der Waals surface area contributed by atoms with Crippen LogP contribution in [0.25, 0.3) is 0 Å². The SMILES string of the molecule is CN1CCC(Oc2ccncc2C(=O)[O-])C1.[Na+]. The Morgan fingerprint density at radius 2 is 2.41 bits per heavy atom. The van der Waals surface area contributed by atoms with Crippen LogP contribution in [0.2, 0.25) is 0 Å². The molecule has 86 valence electrons. The molecule has 2 rings (SSSR count). The minimum absolute atomic E-state index is 0. The summed E-state index contributed by atoms with van der Waals surface area (Å²) < 4.78 is 5.64. The van der Waals surface area contributed by atoms with Crippen LogP contribution in [-0.2, 0) is 0 Å². The number of pyridine rings is 1. The Morgan fingerprint density at radius 1 is 1.65 bits per heavy atom. The molecule has 1 atom stereocenters. The van der Waals surface area contributed by atoms with E-state index in [0.29, 0.717) is 5.75 Å². The molecule has 1 aliphatic rings. The second kappa shape index (κ2) is 6.35. The molecule has 1 saturated heterocycles. The van der Waals surface area contributed by atoms with Gasteiger partial charge in [0.05, 0.1) is 11.5 Å². The summed E-state index contributed by atoms with van der Waals surface area (Å²) in [6.07, 6.45) is 3.72. The molecule has 1 aromatic rings. The molecule has 0 spiro atoms. The van der Waals surface area contributed by atoms with Crippen LogP contribution in [0.3, 0.4) is 0 Å². The van der Waals surface area contributed by atoms with Gasteiger partial charge in [0.15, 0.2) is 0 Å². The predicted octanol–water partition coefficient (Wildman–Crippen LogP) is -3.47. The van der Waals surface area contributed by atoms with Gasteiger partial charge in [0.1, 0.15) is 11.9 Å². The van der Waals surface area contributed by atoms with Crippen LogP contribution in [0.5, 0.6) is 5.75 Å². The van der Waals surface area contributed by atoms with Crippen molar-refractivity contribution in [2.24, 2.45) is 0 Å². The fourth-order valence-corrected chi connectivity index (χ4v) is 1.81. The number of carbonyl (C=O) groups is 1. The number of carboxylic acids is 1. The summed E-state index contributed by atoms with van der Waals surface area (Å²) in [5.41, 5.74) is 0.0112. The molecule has 0 bridgehead atoms. The Bertz CT molecular complexity index is 400. The summed E-state index contributed by atoms with van der Waals surface area (Å²) >= 11 is 0. The Kier molecular flexibility index (Phi) is 5.39. The molecular formula is C11H13N2NaO3. The van der Waals surface area contributed by atoms with Gasteiger partial charge < -0.3 is 19.5 Å². The third-order valence-electron chi connectivity index (χ3n) is 2.64. The third kappa shape index (κ3) is 3.67. The zero-order valence-electron chi connectivity index (χ0n) is 10.0. The van der Waals surface area contributed by atoms with E-state index < -0.39 is 5.97 Å². The summed E-state index contributed by atoms with van der Waals surface area (Å²) in [6, 6.07) is 1.56. The summed E-state index contributed by atoms with van der Waals surface area (Å²) in [5, 5.41) is 10.8. The summed E-state index contributed by atoms with van der Waals surface area (Å²) in [4.78, 5) is 16.7. The first kappa shape index (κ1) is 14.4. The zero-order chi connectivity index (χ0) is 11.5. The van der Waals surface area contributed by atoms with Crippen LogP contribution in [0, 0.1) is 0 Å². The van der Waals surface area contributed by atoms with Gasteiger partial charge in [0.25, 0.3) is 0 Å². The monoisotopic (exact) mass is 244 g/mol. The quantitative estimate of drug-likeness (QED) is 0.517. The summed E-state index contributed by atoms with van der Waals surface area (Å²) in [5.74, 6) is -0.912. The molecule has 0 amide bonds. The summed E-state index contributed by atoms with van der Waals surface area (Å²) in [7, 11) is 2.01. The van der Waals surface area contributed by atoms with Crippen molar-refractivity contribution in [3.63, 3.8) is 0 Å². The van der Waals surface area contributed by atoms with E-state index in [1.807, 2.05) is 7.05 Å². The molecule has 0 aliphatic carbocycles. The molecule has 17 heavy (non-hydrogen) atoms. The van der Waals surface area contributed by atoms with E-state index in [4.69, 9.17) is 4.74 Å². The third-order valence-corrected chi connectivity index (χ3v) is 2.64. The van der Waals surface area contributed by atoms with E-state index >= 15 is 0 Å². The largest absolute Gasteiger partial charge is 1.00 e. The molecule has 2 heterocycles. The predicted molar refractivity (Wildman–Crippen MR) is 55.1 cm³/mol. The molecule has 0 N–H and O–H groups in total. The molecule has 1 aliphatic heterocycles. The molecule has 5 nitrogen and oxygen atoms in total. The normalized spacial score (nSPS) is 19.7. The van der Waals surface area contributed by atoms with Crippen molar-refractivity contribution < 1.29 is 44.2 Å². The van der Waals surface area contributed by atoms with E-state index in [9.17, 15) is 9.90 Å². The Hall–Kier alpha value is -0.620. The molecule has 0 aromatic carbocycles. The maximum absolute atomic E-state index is 10.8. The van der Waals surface area contributed by atoms with Gasteiger partial charge in [-0.25, -0.2) is 0 Å². The zero-order valence-corrected chi connectivity index (χ0v) is 12.0. The number of hydrogen-bond donors (Lipinski definition) is 0. The van der Waals surface area contributed by atoms with Crippen molar-refractivity contribution >= 4 is 5.97 Å². The first-order chi connectivity index (χ1) is 7.66. The maximum atomic E-state index is 10.8. The average molecular weight is 244 g/mol. The number of ether oxygens (including phenoxy) is 1. The van der Waals surface area contributed by atoms with Gasteiger partial charge in [0.2, 0.25) is 0 Å². The standard InChI is InChI=1S/C11H14N2O3.Na/c1-13-5-3-8(7-13)16-10-2-4-12-6-9(10)11(14)15;/h2,4,6,8H,3,5,7H2,1H3,(H,14,15);/q;+1/p-1. The fraction of sp³-hybridized carbons (Fsp3) is 0.455. The average Bonchev–Trinajstić information content (AvgIpc) is 2.64. The minimum Gasteiger partial charge on any atom is -0.545 e. The van der Waals surface area contributed by atoms with Crippen LogP contribution in [0.4, 0.5) is 0 Å². The van der Waals surface area contributed by atoms with Crippen molar-refractivity contribution in [3.8, 4) is 5.75 Å². The van der Waals surface area contributed by atoms with Gasteiger partial charge in [-0.2, -0.15) is 0 Å². The van der Waals surface area contributed by atoms with E-state index in [1.165, 1.54) is 12.4 Å². The van der Waals surface area contributed by atoms with Crippen molar-refractivity contribution in [3.05, 3.63) is 24.0 Å². The molecule has 1 unspecified atom stereocenters. The van der Waals surface area contributed by atoms with Crippen molar-refractivity contribution in [2.75, 3.05) is 20.1 Å². The summed E-state index contributed by atoms with van der Waals surface area (Å²) in [6.45, 7) is 1.78. The van der Waals surface area contributed by atoms with Gasteiger partial charge in [-0.05, 0) is 19.5 Å². The number of likely N-dealkylation sites (tertiary alicyclic amines) is 1. The van der Waals surface area contributed by atoms with Crippen molar-refractivity contribution in [1.82, 2.24) is 9.88 Å². The van der Waals surface area contributed by atoms with Crippen LogP contribution < -0.4 is 39.4 Å². The van der Waals surface area contributed by atoms with Crippen LogP contribution >= 0.6 is 0 Å². The van der Waals surface area contributed by atoms with Crippen LogP contribution in [-0.4, -0.2) is 42.1 Å². The Morgan fingerprint density at radius 3 is 3.00 bits per heavy atom. The van der Waals surface area contributed by atoms with Crippen LogP contribution in [0.15, 0.2) is 18.5 Å². The number of aromatic nitrogens is 1. The molecule has 0 radical (unpaired) electrons. The van der Waals surface area contributed by atoms with Gasteiger partial charge in [-0.3, -0.25) is 4.98 Å². The molecule has 1 aromatic heterocycles. The first-order valence-electron chi connectivity index (χ1n) is 5.17. The number of likely N-dealkylation sites (N-methyl/N-ethyl adjacent to an activating group) is 1. The van der Waals surface area contributed by atoms with Crippen LogP contribution in [0.1, 0.15) is 16.8 Å². The number of carboxylic acid groups (broad SMARTS) is 1. The second-order valence-electron chi connectivity index (χ2n) is 3.95. The van der Waals surface area contributed by atoms with Gasteiger partial charge in [0, 0.05) is 25.5 Å². The molecule has 1 fully saturated rings. The number of nitrogens with zero attached hydrogens (tertiary/aromatic N) is 2. The van der Waals surface area contributed by atoms with Crippen molar-refractivity contribution in [1.29, 1.82) is 0 Å². The Labute approximate surface area is 122 Å². The second-order valence-corrected chi connectivity index (χ2v) is 3.95. The van der Waals surface area contributed by atoms with E-state index in [0.717, 1.165) is 19.5 Å².